The Morgan fingerprint density at radius 1 is 0.769 bits per heavy atom. The Hall–Kier alpha value is -2.53. The van der Waals surface area contributed by atoms with Crippen molar-refractivity contribution in [1.82, 2.24) is 10.9 Å². The fourth-order valence-electron chi connectivity index (χ4n) is 1.54. The third-order valence-electron chi connectivity index (χ3n) is 2.52. The highest BCUT2D eigenvalue weighted by atomic mass is 79.9. The number of carboxylic acids is 1. The molecule has 0 aliphatic rings. The molecule has 0 atom stereocenters. The van der Waals surface area contributed by atoms with Crippen LogP contribution in [-0.2, 0) is 0 Å². The van der Waals surface area contributed by atoms with Gasteiger partial charge in [-0.2, -0.15) is 0 Å². The molecule has 7 nitrogen and oxygen atoms in total. The van der Waals surface area contributed by atoms with Gasteiger partial charge in [0.05, 0.1) is 5.56 Å². The van der Waals surface area contributed by atoms with Gasteiger partial charge in [0.1, 0.15) is 11.6 Å². The number of nitrogens with one attached hydrogen (secondary N) is 2. The first kappa shape index (κ1) is 21.5. The second kappa shape index (κ2) is 9.82. The summed E-state index contributed by atoms with van der Waals surface area (Å²) < 4.78 is 26.2. The van der Waals surface area contributed by atoms with E-state index in [1.807, 2.05) is 5.43 Å². The summed E-state index contributed by atoms with van der Waals surface area (Å²) in [6.07, 6.45) is -1.40. The molecule has 138 valence electrons. The van der Waals surface area contributed by atoms with E-state index in [4.69, 9.17) is 10.2 Å². The molecule has 11 heteroatoms. The molecule has 0 fully saturated rings. The molecular formula is C15H10Br2F2N2O5. The van der Waals surface area contributed by atoms with Crippen LogP contribution in [0, 0.1) is 11.6 Å². The molecule has 2 aromatic rings. The van der Waals surface area contributed by atoms with Crippen LogP contribution >= 0.6 is 31.9 Å². The minimum atomic E-state index is -1.40. The lowest BCUT2D eigenvalue weighted by molar-refractivity contribution is 0.0696. The third-order valence-corrected chi connectivity index (χ3v) is 3.43. The first-order chi connectivity index (χ1) is 12.1. The molecule has 0 heterocycles. The molecular weight excluding hydrogens is 486 g/mol. The van der Waals surface area contributed by atoms with Crippen molar-refractivity contribution in [1.29, 1.82) is 0 Å². The van der Waals surface area contributed by atoms with Gasteiger partial charge in [-0.25, -0.2) is 23.8 Å². The largest absolute Gasteiger partial charge is 0.478 e. The summed E-state index contributed by atoms with van der Waals surface area (Å²) in [6, 6.07) is 7.04. The highest BCUT2D eigenvalue weighted by Crippen LogP contribution is 2.15. The maximum atomic E-state index is 12.8. The van der Waals surface area contributed by atoms with E-state index >= 15 is 0 Å². The molecule has 0 spiro atoms. The molecule has 0 aromatic heterocycles. The molecule has 0 aliphatic heterocycles. The SMILES string of the molecule is O=C(O)NNC(=O)c1cc(F)cc(Br)c1.O=C(O)c1cc(F)cc(Br)c1. The van der Waals surface area contributed by atoms with E-state index in [1.165, 1.54) is 24.3 Å². The molecule has 2 amide bonds. The van der Waals surface area contributed by atoms with Gasteiger partial charge in [-0.3, -0.25) is 10.2 Å². The lowest BCUT2D eigenvalue weighted by Gasteiger charge is -2.04. The van der Waals surface area contributed by atoms with E-state index in [2.05, 4.69) is 31.9 Å². The number of benzene rings is 2. The van der Waals surface area contributed by atoms with Crippen LogP contribution in [0.3, 0.4) is 0 Å². The molecule has 0 saturated heterocycles. The minimum absolute atomic E-state index is 0.00984. The molecule has 2 aromatic carbocycles. The van der Waals surface area contributed by atoms with E-state index < -0.39 is 29.6 Å². The average molecular weight is 496 g/mol. The first-order valence-corrected chi connectivity index (χ1v) is 8.12. The van der Waals surface area contributed by atoms with Crippen molar-refractivity contribution in [3.63, 3.8) is 0 Å². The zero-order valence-corrected chi connectivity index (χ0v) is 15.8. The van der Waals surface area contributed by atoms with Crippen molar-refractivity contribution < 1.29 is 33.4 Å². The van der Waals surface area contributed by atoms with Crippen molar-refractivity contribution >= 4 is 49.8 Å². The van der Waals surface area contributed by atoms with Gasteiger partial charge < -0.3 is 10.2 Å². The van der Waals surface area contributed by atoms with Crippen LogP contribution in [0.2, 0.25) is 0 Å². The monoisotopic (exact) mass is 494 g/mol. The fraction of sp³-hybridized carbons (Fsp3) is 0. The Bertz CT molecular complexity index is 808. The molecule has 0 aliphatic carbocycles. The van der Waals surface area contributed by atoms with Crippen molar-refractivity contribution in [2.75, 3.05) is 0 Å². The molecule has 26 heavy (non-hydrogen) atoms. The van der Waals surface area contributed by atoms with E-state index in [1.54, 1.807) is 5.43 Å². The number of carbonyl (C=O) groups is 3. The Labute approximate surface area is 162 Å². The van der Waals surface area contributed by atoms with Crippen molar-refractivity contribution in [3.8, 4) is 0 Å². The Morgan fingerprint density at radius 2 is 1.23 bits per heavy atom. The molecule has 0 unspecified atom stereocenters. The quantitative estimate of drug-likeness (QED) is 0.473. The van der Waals surface area contributed by atoms with E-state index in [0.29, 0.717) is 8.95 Å². The predicted octanol–water partition coefficient (Wildman–Crippen LogP) is 3.79. The lowest BCUT2D eigenvalue weighted by Crippen LogP contribution is -2.40. The number of hydrogen-bond donors (Lipinski definition) is 4. The average Bonchev–Trinajstić information content (AvgIpc) is 2.51. The molecule has 4 N–H and O–H groups in total. The van der Waals surface area contributed by atoms with Gasteiger partial charge >= 0.3 is 12.1 Å². The lowest BCUT2D eigenvalue weighted by atomic mass is 10.2. The Morgan fingerprint density at radius 3 is 1.65 bits per heavy atom. The summed E-state index contributed by atoms with van der Waals surface area (Å²) in [7, 11) is 0. The summed E-state index contributed by atoms with van der Waals surface area (Å²) in [5, 5.41) is 16.7. The van der Waals surface area contributed by atoms with Crippen LogP contribution in [0.25, 0.3) is 0 Å². The second-order valence-electron chi connectivity index (χ2n) is 4.51. The minimum Gasteiger partial charge on any atom is -0.478 e. The van der Waals surface area contributed by atoms with Gasteiger partial charge in [0.2, 0.25) is 0 Å². The highest BCUT2D eigenvalue weighted by Gasteiger charge is 2.08. The van der Waals surface area contributed by atoms with Gasteiger partial charge in [-0.1, -0.05) is 31.9 Å². The molecule has 0 bridgehead atoms. The van der Waals surface area contributed by atoms with Gasteiger partial charge in [0.15, 0.2) is 0 Å². The third kappa shape index (κ3) is 7.57. The number of carbonyl (C=O) groups excluding carboxylic acids is 1. The summed E-state index contributed by atoms with van der Waals surface area (Å²) in [4.78, 5) is 31.6. The topological polar surface area (TPSA) is 116 Å². The van der Waals surface area contributed by atoms with Crippen molar-refractivity contribution in [2.24, 2.45) is 0 Å². The zero-order chi connectivity index (χ0) is 19.9. The number of hydrogen-bond acceptors (Lipinski definition) is 3. The standard InChI is InChI=1S/C8H6BrFN2O3.C7H4BrFO2/c9-5-1-4(2-6(10)3-5)7(13)11-12-8(14)15;8-5-1-4(7(10)11)2-6(9)3-5/h1-3,12H,(H,11,13)(H,14,15);1-3H,(H,10,11). The van der Waals surface area contributed by atoms with Crippen LogP contribution in [-0.4, -0.2) is 28.2 Å². The van der Waals surface area contributed by atoms with Crippen LogP contribution in [0.4, 0.5) is 13.6 Å². The van der Waals surface area contributed by atoms with Crippen molar-refractivity contribution in [3.05, 3.63) is 68.1 Å². The molecule has 0 saturated carbocycles. The predicted molar refractivity (Wildman–Crippen MR) is 93.8 cm³/mol. The number of carboxylic acid groups (broad SMARTS) is 2. The summed E-state index contributed by atoms with van der Waals surface area (Å²) in [5.41, 5.74) is 3.49. The normalized spacial score (nSPS) is 9.54. The summed E-state index contributed by atoms with van der Waals surface area (Å²) in [5.74, 6) is -3.02. The number of aromatic carboxylic acids is 1. The maximum Gasteiger partial charge on any atom is 0.423 e. The summed E-state index contributed by atoms with van der Waals surface area (Å²) in [6.45, 7) is 0. The van der Waals surface area contributed by atoms with E-state index in [-0.39, 0.29) is 11.1 Å². The number of halogens is 4. The van der Waals surface area contributed by atoms with Crippen LogP contribution < -0.4 is 10.9 Å². The molecule has 2 rings (SSSR count). The fourth-order valence-corrected chi connectivity index (χ4v) is 2.48. The van der Waals surface area contributed by atoms with Gasteiger partial charge in [-0.15, -0.1) is 0 Å². The van der Waals surface area contributed by atoms with Gasteiger partial charge in [-0.05, 0) is 36.4 Å². The maximum absolute atomic E-state index is 12.8. The molecule has 0 radical (unpaired) electrons. The Kier molecular flexibility index (Phi) is 8.13. The number of amides is 2. The van der Waals surface area contributed by atoms with Gasteiger partial charge in [0.25, 0.3) is 5.91 Å². The smallest absolute Gasteiger partial charge is 0.423 e. The second-order valence-corrected chi connectivity index (χ2v) is 6.34. The number of hydrazine groups is 1. The van der Waals surface area contributed by atoms with Gasteiger partial charge in [0, 0.05) is 14.5 Å². The Balaban J connectivity index is 0.000000273. The van der Waals surface area contributed by atoms with Crippen LogP contribution in [0.5, 0.6) is 0 Å². The summed E-state index contributed by atoms with van der Waals surface area (Å²) >= 11 is 5.98. The van der Waals surface area contributed by atoms with E-state index in [9.17, 15) is 23.2 Å². The highest BCUT2D eigenvalue weighted by molar-refractivity contribution is 9.10. The van der Waals surface area contributed by atoms with Crippen LogP contribution in [0.15, 0.2) is 45.3 Å². The zero-order valence-electron chi connectivity index (χ0n) is 12.6. The first-order valence-electron chi connectivity index (χ1n) is 6.53. The van der Waals surface area contributed by atoms with E-state index in [0.717, 1.165) is 12.1 Å². The number of rotatable bonds is 2. The van der Waals surface area contributed by atoms with Crippen LogP contribution in [0.1, 0.15) is 20.7 Å². The van der Waals surface area contributed by atoms with Crippen molar-refractivity contribution in [2.45, 2.75) is 0 Å².